The van der Waals surface area contributed by atoms with Gasteiger partial charge in [0.15, 0.2) is 0 Å². The van der Waals surface area contributed by atoms with Gasteiger partial charge in [0.2, 0.25) is 5.91 Å². The highest BCUT2D eigenvalue weighted by atomic mass is 32.2. The normalized spacial score (nSPS) is 21.7. The van der Waals surface area contributed by atoms with Crippen LogP contribution in [0.5, 0.6) is 0 Å². The Morgan fingerprint density at radius 3 is 1.39 bits per heavy atom. The summed E-state index contributed by atoms with van der Waals surface area (Å²) in [5, 5.41) is 13.3. The molecule has 352 valence electrons. The topological polar surface area (TPSA) is 174 Å². The van der Waals surface area contributed by atoms with Crippen LogP contribution < -0.4 is 21.3 Å². The van der Waals surface area contributed by atoms with E-state index >= 15 is 0 Å². The van der Waals surface area contributed by atoms with Crippen LogP contribution in [0.25, 0.3) is 0 Å². The molecule has 3 aliphatic rings. The lowest BCUT2D eigenvalue weighted by Crippen LogP contribution is -2.50. The number of carbonyl (C=O) groups is 5. The van der Waals surface area contributed by atoms with Crippen LogP contribution in [0, 0.1) is 0 Å². The van der Waals surface area contributed by atoms with Gasteiger partial charge in [-0.25, -0.2) is 4.79 Å². The molecule has 0 aromatic rings. The predicted octanol–water partition coefficient (Wildman–Crippen LogP) is 3.23. The molecule has 0 aliphatic carbocycles. The third kappa shape index (κ3) is 24.1. The summed E-state index contributed by atoms with van der Waals surface area (Å²) in [6.45, 7) is 23.7. The Balaban J connectivity index is 1.45. The maximum atomic E-state index is 13.3. The number of hydrogen-bond acceptors (Lipinski definition) is 14. The zero-order chi connectivity index (χ0) is 45.1. The highest BCUT2D eigenvalue weighted by Gasteiger charge is 2.42. The molecule has 3 heterocycles. The van der Waals surface area contributed by atoms with Crippen molar-refractivity contribution < 1.29 is 38.2 Å². The fraction of sp³-hybridized carbons (Fsp3) is 0.886. The summed E-state index contributed by atoms with van der Waals surface area (Å²) in [4.78, 5) is 71.9. The first-order valence-corrected chi connectivity index (χ1v) is 23.9. The molecule has 3 atom stereocenters. The number of amides is 3. The molecule has 0 bridgehead atoms. The molecule has 3 rings (SSSR count). The zero-order valence-corrected chi connectivity index (χ0v) is 40.0. The molecular weight excluding hydrogens is 801 g/mol. The average Bonchev–Trinajstić information content (AvgIpc) is 3.67. The number of urea groups is 1. The van der Waals surface area contributed by atoms with E-state index in [1.807, 2.05) is 88.8 Å². The molecule has 3 amide bonds. The third-order valence-corrected chi connectivity index (χ3v) is 12.0. The number of esters is 3. The largest absolute Gasteiger partial charge is 0.459 e. The second-order valence-electron chi connectivity index (χ2n) is 19.8. The molecule has 0 aromatic heterocycles. The molecule has 17 heteroatoms. The van der Waals surface area contributed by atoms with Crippen molar-refractivity contribution in [3.05, 3.63) is 0 Å². The van der Waals surface area contributed by atoms with Crippen molar-refractivity contribution in [2.45, 2.75) is 148 Å². The van der Waals surface area contributed by atoms with Crippen molar-refractivity contribution >= 4 is 41.6 Å². The first-order valence-electron chi connectivity index (χ1n) is 22.8. The van der Waals surface area contributed by atoms with Gasteiger partial charge in [0, 0.05) is 69.9 Å². The molecule has 0 saturated carbocycles. The standard InChI is InChI=1S/C44H82N8O8S/c1-42(2,3)58-37(54)30-50-23-21-49(22-24-51(31-38(55)59-43(4,5)6)26-28-52(27-25-50)32-39(56)60-44(7,8)9)29-36(53)46-20-16-11-10-14-18-45-19-15-12-13-17-35-40-34(33-61-35)47-41(57)48-40/h34-35,40,45H,10-33H2,1-9H3,(H,46,53)(H2,47,48,57)/t34-,35-,40-/m0/s1. The van der Waals surface area contributed by atoms with Crippen LogP contribution in [0.3, 0.4) is 0 Å². The monoisotopic (exact) mass is 883 g/mol. The van der Waals surface area contributed by atoms with Crippen LogP contribution in [0.1, 0.15) is 114 Å². The lowest BCUT2D eigenvalue weighted by molar-refractivity contribution is -0.158. The highest BCUT2D eigenvalue weighted by Crippen LogP contribution is 2.33. The number of unbranched alkanes of at least 4 members (excludes halogenated alkanes) is 5. The third-order valence-electron chi connectivity index (χ3n) is 10.5. The maximum absolute atomic E-state index is 13.3. The van der Waals surface area contributed by atoms with Crippen molar-refractivity contribution in [2.24, 2.45) is 0 Å². The van der Waals surface area contributed by atoms with E-state index in [0.717, 1.165) is 57.4 Å². The van der Waals surface area contributed by atoms with Crippen LogP contribution in [-0.4, -0.2) is 188 Å². The van der Waals surface area contributed by atoms with Gasteiger partial charge in [-0.1, -0.05) is 25.7 Å². The van der Waals surface area contributed by atoms with E-state index < -0.39 is 16.8 Å². The molecule has 0 radical (unpaired) electrons. The minimum atomic E-state index is -0.625. The fourth-order valence-electron chi connectivity index (χ4n) is 7.64. The van der Waals surface area contributed by atoms with Gasteiger partial charge in [-0.15, -0.1) is 0 Å². The van der Waals surface area contributed by atoms with Gasteiger partial charge in [0.1, 0.15) is 16.8 Å². The van der Waals surface area contributed by atoms with Gasteiger partial charge < -0.3 is 35.5 Å². The molecule has 4 N–H and O–H groups in total. The summed E-state index contributed by atoms with van der Waals surface area (Å²) in [6, 6.07) is 0.574. The summed E-state index contributed by atoms with van der Waals surface area (Å²) in [5.74, 6) is -0.0292. The lowest BCUT2D eigenvalue weighted by atomic mass is 10.0. The van der Waals surface area contributed by atoms with Crippen molar-refractivity contribution in [2.75, 3.05) is 104 Å². The van der Waals surface area contributed by atoms with Gasteiger partial charge in [0.05, 0.1) is 38.3 Å². The Bertz CT molecular complexity index is 1320. The van der Waals surface area contributed by atoms with E-state index in [-0.39, 0.29) is 56.0 Å². The Kier molecular flexibility index (Phi) is 22.6. The molecule has 0 unspecified atom stereocenters. The second kappa shape index (κ2) is 26.2. The highest BCUT2D eigenvalue weighted by molar-refractivity contribution is 8.00. The van der Waals surface area contributed by atoms with E-state index in [9.17, 15) is 24.0 Å². The molecule has 0 aromatic carbocycles. The van der Waals surface area contributed by atoms with Crippen LogP contribution >= 0.6 is 11.8 Å². The lowest BCUT2D eigenvalue weighted by Gasteiger charge is -2.34. The Hall–Kier alpha value is -2.70. The minimum absolute atomic E-state index is 0.0160. The van der Waals surface area contributed by atoms with Crippen LogP contribution in [0.4, 0.5) is 4.79 Å². The van der Waals surface area contributed by atoms with Gasteiger partial charge in [-0.3, -0.25) is 38.8 Å². The first kappa shape index (κ1) is 52.6. The predicted molar refractivity (Wildman–Crippen MR) is 242 cm³/mol. The molecular formula is C44H82N8O8S. The van der Waals surface area contributed by atoms with Crippen molar-refractivity contribution in [1.82, 2.24) is 40.9 Å². The Labute approximate surface area is 371 Å². The van der Waals surface area contributed by atoms with Crippen molar-refractivity contribution in [3.63, 3.8) is 0 Å². The molecule has 16 nitrogen and oxygen atoms in total. The number of carbonyl (C=O) groups excluding carboxylic acids is 5. The SMILES string of the molecule is CC(C)(C)OC(=O)CN1CCN(CC(=O)NCCCCCCNCCCCC[C@@H]2SC[C@@H]3NC(=O)N[C@@H]32)CCN(CC(=O)OC(C)(C)C)CCN(CC(=O)OC(C)(C)C)CC1. The van der Waals surface area contributed by atoms with Gasteiger partial charge in [0.25, 0.3) is 0 Å². The van der Waals surface area contributed by atoms with E-state index in [1.54, 1.807) is 0 Å². The smallest absolute Gasteiger partial charge is 0.320 e. The summed E-state index contributed by atoms with van der Waals surface area (Å²) in [6.07, 6.45) is 8.88. The maximum Gasteiger partial charge on any atom is 0.320 e. The average molecular weight is 883 g/mol. The molecule has 3 aliphatic heterocycles. The number of thioether (sulfide) groups is 1. The van der Waals surface area contributed by atoms with Gasteiger partial charge in [-0.2, -0.15) is 11.8 Å². The Morgan fingerprint density at radius 2 is 0.967 bits per heavy atom. The van der Waals surface area contributed by atoms with E-state index in [4.69, 9.17) is 14.2 Å². The van der Waals surface area contributed by atoms with Crippen LogP contribution in [0.15, 0.2) is 0 Å². The van der Waals surface area contributed by atoms with Crippen molar-refractivity contribution in [3.8, 4) is 0 Å². The van der Waals surface area contributed by atoms with Crippen LogP contribution in [-0.2, 0) is 33.4 Å². The quantitative estimate of drug-likeness (QED) is 0.0573. The van der Waals surface area contributed by atoms with E-state index in [0.29, 0.717) is 76.2 Å². The first-order chi connectivity index (χ1) is 28.6. The van der Waals surface area contributed by atoms with Gasteiger partial charge in [-0.05, 0) is 101 Å². The molecule has 3 saturated heterocycles. The zero-order valence-electron chi connectivity index (χ0n) is 39.2. The minimum Gasteiger partial charge on any atom is -0.459 e. The molecule has 3 fully saturated rings. The van der Waals surface area contributed by atoms with Crippen LogP contribution in [0.2, 0.25) is 0 Å². The number of rotatable bonds is 21. The summed E-state index contributed by atoms with van der Waals surface area (Å²) in [5.41, 5.74) is -1.87. The van der Waals surface area contributed by atoms with E-state index in [2.05, 4.69) is 26.2 Å². The molecule has 0 spiro atoms. The molecule has 61 heavy (non-hydrogen) atoms. The summed E-state index contributed by atoms with van der Waals surface area (Å²) in [7, 11) is 0. The number of fused-ring (bicyclic) bond motifs is 1. The van der Waals surface area contributed by atoms with E-state index in [1.165, 1.54) is 12.8 Å². The Morgan fingerprint density at radius 1 is 0.574 bits per heavy atom. The van der Waals surface area contributed by atoms with Crippen molar-refractivity contribution in [1.29, 1.82) is 0 Å². The number of nitrogens with zero attached hydrogens (tertiary/aromatic N) is 4. The van der Waals surface area contributed by atoms with Gasteiger partial charge >= 0.3 is 23.9 Å². The fourth-order valence-corrected chi connectivity index (χ4v) is 9.18. The number of hydrogen-bond donors (Lipinski definition) is 4. The number of nitrogens with one attached hydrogen (secondary N) is 4. The summed E-state index contributed by atoms with van der Waals surface area (Å²) >= 11 is 1.98. The summed E-state index contributed by atoms with van der Waals surface area (Å²) < 4.78 is 17.0. The second-order valence-corrected chi connectivity index (χ2v) is 21.1. The number of ether oxygens (including phenoxy) is 3.